The number of ether oxygens (including phenoxy) is 1. The Kier molecular flexibility index (Phi) is 5.35. The molecule has 0 aromatic heterocycles. The minimum Gasteiger partial charge on any atom is -0.376 e. The minimum absolute atomic E-state index is 0.0948. The van der Waals surface area contributed by atoms with Gasteiger partial charge >= 0.3 is 6.03 Å². The summed E-state index contributed by atoms with van der Waals surface area (Å²) in [5.74, 6) is -0.242. The van der Waals surface area contributed by atoms with E-state index in [0.717, 1.165) is 25.0 Å². The van der Waals surface area contributed by atoms with Crippen LogP contribution in [0.15, 0.2) is 24.3 Å². The fourth-order valence-corrected chi connectivity index (χ4v) is 2.28. The van der Waals surface area contributed by atoms with Gasteiger partial charge in [0, 0.05) is 26.7 Å². The van der Waals surface area contributed by atoms with Gasteiger partial charge in [-0.25, -0.2) is 9.18 Å². The standard InChI is InChI=1S/C15H21FN2O2/c1-18(11-14-3-2-10-20-14)15(19)17-9-8-12-4-6-13(16)7-5-12/h4-7,14H,2-3,8-11H2,1H3,(H,17,19). The van der Waals surface area contributed by atoms with Crippen molar-refractivity contribution in [3.05, 3.63) is 35.6 Å². The molecule has 5 heteroatoms. The smallest absolute Gasteiger partial charge is 0.317 e. The van der Waals surface area contributed by atoms with Gasteiger partial charge < -0.3 is 15.0 Å². The second kappa shape index (κ2) is 7.24. The highest BCUT2D eigenvalue weighted by atomic mass is 19.1. The summed E-state index contributed by atoms with van der Waals surface area (Å²) >= 11 is 0. The quantitative estimate of drug-likeness (QED) is 0.898. The summed E-state index contributed by atoms with van der Waals surface area (Å²) in [4.78, 5) is 13.5. The highest BCUT2D eigenvalue weighted by Gasteiger charge is 2.19. The Hall–Kier alpha value is -1.62. The zero-order valence-electron chi connectivity index (χ0n) is 11.8. The molecule has 4 nitrogen and oxygen atoms in total. The average molecular weight is 280 g/mol. The fraction of sp³-hybridized carbons (Fsp3) is 0.533. The van der Waals surface area contributed by atoms with Gasteiger partial charge in [0.2, 0.25) is 0 Å². The highest BCUT2D eigenvalue weighted by Crippen LogP contribution is 2.12. The number of likely N-dealkylation sites (N-methyl/N-ethyl adjacent to an activating group) is 1. The van der Waals surface area contributed by atoms with Crippen LogP contribution >= 0.6 is 0 Å². The number of hydrogen-bond donors (Lipinski definition) is 1. The molecule has 1 aromatic rings. The molecule has 110 valence electrons. The summed E-state index contributed by atoms with van der Waals surface area (Å²) in [7, 11) is 1.77. The molecular weight excluding hydrogens is 259 g/mol. The summed E-state index contributed by atoms with van der Waals surface area (Å²) in [6.45, 7) is 1.97. The van der Waals surface area contributed by atoms with Crippen molar-refractivity contribution in [2.75, 3.05) is 26.7 Å². The van der Waals surface area contributed by atoms with Crippen molar-refractivity contribution in [1.82, 2.24) is 10.2 Å². The van der Waals surface area contributed by atoms with Gasteiger partial charge in [-0.3, -0.25) is 0 Å². The Bertz CT molecular complexity index is 430. The van der Waals surface area contributed by atoms with E-state index in [9.17, 15) is 9.18 Å². The first kappa shape index (κ1) is 14.8. The molecule has 1 aliphatic rings. The first-order valence-corrected chi connectivity index (χ1v) is 7.00. The predicted molar refractivity (Wildman–Crippen MR) is 75.1 cm³/mol. The summed E-state index contributed by atoms with van der Waals surface area (Å²) in [5.41, 5.74) is 1.01. The summed E-state index contributed by atoms with van der Waals surface area (Å²) in [6, 6.07) is 6.24. The van der Waals surface area contributed by atoms with Gasteiger partial charge in [-0.2, -0.15) is 0 Å². The molecule has 1 aromatic carbocycles. The topological polar surface area (TPSA) is 41.6 Å². The minimum atomic E-state index is -0.242. The molecular formula is C15H21FN2O2. The third-order valence-electron chi connectivity index (χ3n) is 3.45. The summed E-state index contributed by atoms with van der Waals surface area (Å²) < 4.78 is 18.2. The van der Waals surface area contributed by atoms with Crippen LogP contribution in [0.1, 0.15) is 18.4 Å². The van der Waals surface area contributed by atoms with Crippen LogP contribution in [-0.2, 0) is 11.2 Å². The number of amides is 2. The molecule has 0 saturated carbocycles. The number of carbonyl (C=O) groups is 1. The van der Waals surface area contributed by atoms with E-state index < -0.39 is 0 Å². The maximum Gasteiger partial charge on any atom is 0.317 e. The number of benzene rings is 1. The van der Waals surface area contributed by atoms with E-state index in [4.69, 9.17) is 4.74 Å². The molecule has 1 saturated heterocycles. The van der Waals surface area contributed by atoms with Crippen molar-refractivity contribution in [3.8, 4) is 0 Å². The zero-order valence-corrected chi connectivity index (χ0v) is 11.8. The van der Waals surface area contributed by atoms with Crippen molar-refractivity contribution >= 4 is 6.03 Å². The van der Waals surface area contributed by atoms with Crippen molar-refractivity contribution in [3.63, 3.8) is 0 Å². The van der Waals surface area contributed by atoms with E-state index in [0.29, 0.717) is 19.5 Å². The van der Waals surface area contributed by atoms with Gasteiger partial charge in [0.1, 0.15) is 5.82 Å². The van der Waals surface area contributed by atoms with Gasteiger partial charge in [-0.1, -0.05) is 12.1 Å². The van der Waals surface area contributed by atoms with Crippen molar-refractivity contribution in [1.29, 1.82) is 0 Å². The third kappa shape index (κ3) is 4.49. The number of hydrogen-bond acceptors (Lipinski definition) is 2. The maximum absolute atomic E-state index is 12.7. The maximum atomic E-state index is 12.7. The lowest BCUT2D eigenvalue weighted by molar-refractivity contribution is 0.0875. The lowest BCUT2D eigenvalue weighted by atomic mass is 10.1. The Morgan fingerprint density at radius 2 is 2.20 bits per heavy atom. The second-order valence-corrected chi connectivity index (χ2v) is 5.12. The van der Waals surface area contributed by atoms with Crippen LogP contribution in [0.3, 0.4) is 0 Å². The normalized spacial score (nSPS) is 18.0. The molecule has 20 heavy (non-hydrogen) atoms. The van der Waals surface area contributed by atoms with Crippen LogP contribution in [0.4, 0.5) is 9.18 Å². The Labute approximate surface area is 118 Å². The largest absolute Gasteiger partial charge is 0.376 e. The molecule has 1 fully saturated rings. The van der Waals surface area contributed by atoms with Crippen LogP contribution < -0.4 is 5.32 Å². The number of rotatable bonds is 5. The van der Waals surface area contributed by atoms with Gasteiger partial charge in [0.05, 0.1) is 6.10 Å². The van der Waals surface area contributed by atoms with Gasteiger partial charge in [-0.15, -0.1) is 0 Å². The van der Waals surface area contributed by atoms with Crippen molar-refractivity contribution < 1.29 is 13.9 Å². The molecule has 0 bridgehead atoms. The van der Waals surface area contributed by atoms with E-state index in [2.05, 4.69) is 5.32 Å². The Morgan fingerprint density at radius 1 is 1.45 bits per heavy atom. The molecule has 1 unspecified atom stereocenters. The lowest BCUT2D eigenvalue weighted by Crippen LogP contribution is -2.41. The summed E-state index contributed by atoms with van der Waals surface area (Å²) in [6.07, 6.45) is 2.96. The van der Waals surface area contributed by atoms with E-state index in [1.54, 1.807) is 24.1 Å². The molecule has 0 aliphatic carbocycles. The Balaban J connectivity index is 1.67. The highest BCUT2D eigenvalue weighted by molar-refractivity contribution is 5.73. The molecule has 1 N–H and O–H groups in total. The van der Waals surface area contributed by atoms with E-state index >= 15 is 0 Å². The van der Waals surface area contributed by atoms with Crippen LogP contribution in [-0.4, -0.2) is 43.8 Å². The van der Waals surface area contributed by atoms with E-state index in [1.165, 1.54) is 12.1 Å². The van der Waals surface area contributed by atoms with Gasteiger partial charge in [-0.05, 0) is 37.0 Å². The molecule has 1 aliphatic heterocycles. The van der Waals surface area contributed by atoms with Crippen LogP contribution in [0.25, 0.3) is 0 Å². The zero-order chi connectivity index (χ0) is 14.4. The van der Waals surface area contributed by atoms with E-state index in [-0.39, 0.29) is 18.0 Å². The second-order valence-electron chi connectivity index (χ2n) is 5.12. The van der Waals surface area contributed by atoms with E-state index in [1.807, 2.05) is 0 Å². The summed E-state index contributed by atoms with van der Waals surface area (Å²) in [5, 5.41) is 2.86. The molecule has 2 rings (SSSR count). The van der Waals surface area contributed by atoms with Crippen LogP contribution in [0.2, 0.25) is 0 Å². The lowest BCUT2D eigenvalue weighted by Gasteiger charge is -2.21. The van der Waals surface area contributed by atoms with Crippen molar-refractivity contribution in [2.45, 2.75) is 25.4 Å². The van der Waals surface area contributed by atoms with Gasteiger partial charge in [0.15, 0.2) is 0 Å². The van der Waals surface area contributed by atoms with Gasteiger partial charge in [0.25, 0.3) is 0 Å². The molecule has 2 amide bonds. The molecule has 1 heterocycles. The SMILES string of the molecule is CN(CC1CCCO1)C(=O)NCCc1ccc(F)cc1. The number of urea groups is 1. The van der Waals surface area contributed by atoms with Crippen LogP contribution in [0, 0.1) is 5.82 Å². The Morgan fingerprint density at radius 3 is 2.85 bits per heavy atom. The molecule has 1 atom stereocenters. The van der Waals surface area contributed by atoms with Crippen molar-refractivity contribution in [2.24, 2.45) is 0 Å². The number of halogens is 1. The first-order chi connectivity index (χ1) is 9.65. The average Bonchev–Trinajstić information content (AvgIpc) is 2.93. The fourth-order valence-electron chi connectivity index (χ4n) is 2.28. The number of nitrogens with zero attached hydrogens (tertiary/aromatic N) is 1. The van der Waals surface area contributed by atoms with Crippen LogP contribution in [0.5, 0.6) is 0 Å². The molecule has 0 radical (unpaired) electrons. The molecule has 0 spiro atoms. The monoisotopic (exact) mass is 280 g/mol. The first-order valence-electron chi connectivity index (χ1n) is 7.00. The predicted octanol–water partition coefficient (Wildman–Crippen LogP) is 2.19. The number of nitrogens with one attached hydrogen (secondary N) is 1. The number of carbonyl (C=O) groups excluding carboxylic acids is 1. The third-order valence-corrected chi connectivity index (χ3v) is 3.45.